The third kappa shape index (κ3) is 9.14. The van der Waals surface area contributed by atoms with E-state index in [9.17, 15) is 24.0 Å². The average molecular weight is 730 g/mol. The maximum absolute atomic E-state index is 14.7. The van der Waals surface area contributed by atoms with Gasteiger partial charge in [-0.05, 0) is 42.6 Å². The molecule has 280 valence electrons. The zero-order valence-corrected chi connectivity index (χ0v) is 31.1. The molecule has 4 amide bonds. The number of likely N-dealkylation sites (tertiary alicyclic amines) is 1. The van der Waals surface area contributed by atoms with E-state index >= 15 is 0 Å². The van der Waals surface area contributed by atoms with Crippen molar-refractivity contribution in [3.05, 3.63) is 22.7 Å². The molecule has 4 atom stereocenters. The molecule has 2 aliphatic heterocycles. The smallest absolute Gasteiger partial charge is 0.287 e. The van der Waals surface area contributed by atoms with E-state index in [1.165, 1.54) is 32.0 Å². The zero-order valence-electron chi connectivity index (χ0n) is 30.3. The summed E-state index contributed by atoms with van der Waals surface area (Å²) >= 11 is 6.47. The van der Waals surface area contributed by atoms with Crippen LogP contribution in [-0.2, 0) is 28.8 Å². The molecule has 14 heteroatoms. The molecule has 0 aromatic heterocycles. The van der Waals surface area contributed by atoms with Gasteiger partial charge in [0.05, 0.1) is 37.5 Å². The Kier molecular flexibility index (Phi) is 11.9. The third-order valence-electron chi connectivity index (χ3n) is 10.6. The third-order valence-corrected chi connectivity index (χ3v) is 10.9. The number of nitrogens with zero attached hydrogens (tertiary/aromatic N) is 2. The Morgan fingerprint density at radius 3 is 2.25 bits per heavy atom. The van der Waals surface area contributed by atoms with Gasteiger partial charge < -0.3 is 35.6 Å². The van der Waals surface area contributed by atoms with Crippen molar-refractivity contribution >= 4 is 46.7 Å². The number of oxime groups is 1. The number of ketones is 1. The van der Waals surface area contributed by atoms with Gasteiger partial charge in [0.15, 0.2) is 5.60 Å². The molecule has 0 bridgehead atoms. The molecule has 2 saturated carbocycles. The van der Waals surface area contributed by atoms with Crippen molar-refractivity contribution in [2.75, 3.05) is 20.8 Å². The largest absolute Gasteiger partial charge is 0.496 e. The summed E-state index contributed by atoms with van der Waals surface area (Å²) in [5.74, 6) is -1.96. The van der Waals surface area contributed by atoms with E-state index in [1.54, 1.807) is 12.1 Å². The molecule has 0 radical (unpaired) electrons. The summed E-state index contributed by atoms with van der Waals surface area (Å²) in [5.41, 5.74) is 4.60. The number of rotatable bonds is 13. The van der Waals surface area contributed by atoms with Gasteiger partial charge in [0.2, 0.25) is 23.5 Å². The van der Waals surface area contributed by atoms with Crippen LogP contribution in [0.5, 0.6) is 11.5 Å². The van der Waals surface area contributed by atoms with Crippen molar-refractivity contribution in [1.82, 2.24) is 15.5 Å². The molecular formula is C37H52ClN5O8. The molecule has 1 saturated heterocycles. The van der Waals surface area contributed by atoms with Gasteiger partial charge in [0.25, 0.3) is 5.91 Å². The fraction of sp³-hybridized carbons (Fsp3) is 0.676. The highest BCUT2D eigenvalue weighted by Crippen LogP contribution is 2.43. The first-order valence-electron chi connectivity index (χ1n) is 18.1. The van der Waals surface area contributed by atoms with Crippen LogP contribution in [0.1, 0.15) is 103 Å². The van der Waals surface area contributed by atoms with Gasteiger partial charge in [-0.15, -0.1) is 0 Å². The van der Waals surface area contributed by atoms with Crippen LogP contribution >= 0.6 is 11.6 Å². The number of Topliss-reactive ketones (excluding diaryl/α,β-unsaturated/α-hetero) is 1. The van der Waals surface area contributed by atoms with Crippen LogP contribution in [0, 0.1) is 17.3 Å². The standard InChI is InChI=1S/C37H52ClN5O8/c1-36(2,3)32(41-30(44)15-21-10-8-6-7-9-11-21)35(48)43-20-37(18-26(42-51-37)23-16-24(38)29(50-5)17-28(23)49-4)19-27(43)34(47)40-25(14-22-12-13-22)31(45)33(39)46/h16-17,21-22,25,27,32H,6-15,18-20H2,1-5H3,(H2,39,46)(H,40,47)(H,41,44)/t25-,27?,32+,37+/m0/s1. The van der Waals surface area contributed by atoms with Crippen LogP contribution in [0.15, 0.2) is 17.3 Å². The quantitative estimate of drug-likeness (QED) is 0.201. The lowest BCUT2D eigenvalue weighted by atomic mass is 9.85. The van der Waals surface area contributed by atoms with Gasteiger partial charge in [-0.3, -0.25) is 24.0 Å². The summed E-state index contributed by atoms with van der Waals surface area (Å²) < 4.78 is 10.9. The Morgan fingerprint density at radius 1 is 1.00 bits per heavy atom. The molecule has 1 spiro atoms. The van der Waals surface area contributed by atoms with Crippen molar-refractivity contribution in [2.24, 2.45) is 28.1 Å². The lowest BCUT2D eigenvalue weighted by Crippen LogP contribution is -2.59. The fourth-order valence-electron chi connectivity index (χ4n) is 7.58. The lowest BCUT2D eigenvalue weighted by Gasteiger charge is -2.36. The Hall–Kier alpha value is -3.87. The molecule has 4 N–H and O–H groups in total. The minimum Gasteiger partial charge on any atom is -0.496 e. The summed E-state index contributed by atoms with van der Waals surface area (Å²) in [4.78, 5) is 74.6. The second-order valence-corrected chi connectivity index (χ2v) is 16.2. The fourth-order valence-corrected chi connectivity index (χ4v) is 7.82. The summed E-state index contributed by atoms with van der Waals surface area (Å²) in [6.45, 7) is 5.58. The number of primary amides is 1. The minimum absolute atomic E-state index is 0.0226. The Balaban J connectivity index is 1.42. The van der Waals surface area contributed by atoms with Gasteiger partial charge in [-0.2, -0.15) is 0 Å². The molecular weight excluding hydrogens is 678 g/mol. The van der Waals surface area contributed by atoms with Gasteiger partial charge >= 0.3 is 0 Å². The minimum atomic E-state index is -1.13. The Bertz CT molecular complexity index is 1550. The molecule has 4 aliphatic rings. The number of methoxy groups -OCH3 is 2. The monoisotopic (exact) mass is 729 g/mol. The average Bonchev–Trinajstić information content (AvgIpc) is 3.77. The SMILES string of the molecule is COc1cc(OC)c(C2=NO[C@]3(C2)CC(C(=O)N[C@@H](CC2CC2)C(=O)C(N)=O)N(C(=O)[C@@H](NC(=O)CC2CCCCCC2)C(C)(C)C)C3)cc1Cl. The summed E-state index contributed by atoms with van der Waals surface area (Å²) in [5, 5.41) is 10.5. The number of benzene rings is 1. The Morgan fingerprint density at radius 2 is 1.67 bits per heavy atom. The number of ether oxygens (including phenoxy) is 2. The van der Waals surface area contributed by atoms with E-state index in [0.29, 0.717) is 34.2 Å². The highest BCUT2D eigenvalue weighted by molar-refractivity contribution is 6.38. The van der Waals surface area contributed by atoms with Crippen molar-refractivity contribution in [1.29, 1.82) is 0 Å². The number of carbonyl (C=O) groups excluding carboxylic acids is 5. The molecule has 2 aliphatic carbocycles. The van der Waals surface area contributed by atoms with E-state index < -0.39 is 52.6 Å². The van der Waals surface area contributed by atoms with Crippen molar-refractivity contribution < 1.29 is 38.3 Å². The van der Waals surface area contributed by atoms with Crippen molar-refractivity contribution in [2.45, 2.75) is 122 Å². The number of nitrogens with two attached hydrogens (primary N) is 1. The summed E-state index contributed by atoms with van der Waals surface area (Å²) in [6.07, 6.45) is 9.10. The number of carbonyl (C=O) groups is 5. The summed E-state index contributed by atoms with van der Waals surface area (Å²) in [7, 11) is 3.01. The predicted octanol–water partition coefficient (Wildman–Crippen LogP) is 4.05. The van der Waals surface area contributed by atoms with Crippen LogP contribution in [0.25, 0.3) is 0 Å². The Labute approximate surface area is 304 Å². The maximum atomic E-state index is 14.7. The number of amides is 4. The van der Waals surface area contributed by atoms with E-state index in [0.717, 1.165) is 38.5 Å². The van der Waals surface area contributed by atoms with Crippen LogP contribution in [-0.4, -0.2) is 84.5 Å². The predicted molar refractivity (Wildman–Crippen MR) is 190 cm³/mol. The molecule has 5 rings (SSSR count). The van der Waals surface area contributed by atoms with Crippen molar-refractivity contribution in [3.63, 3.8) is 0 Å². The molecule has 1 unspecified atom stereocenters. The summed E-state index contributed by atoms with van der Waals surface area (Å²) in [6, 6.07) is 0.140. The van der Waals surface area contributed by atoms with Gasteiger partial charge in [0.1, 0.15) is 23.6 Å². The number of halogens is 1. The maximum Gasteiger partial charge on any atom is 0.287 e. The van der Waals surface area contributed by atoms with Crippen LogP contribution < -0.4 is 25.8 Å². The first kappa shape index (κ1) is 38.4. The second kappa shape index (κ2) is 15.8. The second-order valence-electron chi connectivity index (χ2n) is 15.8. The van der Waals surface area contributed by atoms with Gasteiger partial charge in [0, 0.05) is 30.9 Å². The van der Waals surface area contributed by atoms with Gasteiger partial charge in [-0.1, -0.05) is 76.1 Å². The molecule has 1 aromatic carbocycles. The van der Waals surface area contributed by atoms with E-state index in [2.05, 4.69) is 15.8 Å². The molecule has 2 heterocycles. The first-order valence-corrected chi connectivity index (χ1v) is 18.4. The number of hydrogen-bond acceptors (Lipinski definition) is 9. The molecule has 3 fully saturated rings. The molecule has 1 aromatic rings. The van der Waals surface area contributed by atoms with Crippen LogP contribution in [0.4, 0.5) is 0 Å². The van der Waals surface area contributed by atoms with Crippen LogP contribution in [0.3, 0.4) is 0 Å². The number of nitrogens with one attached hydrogen (secondary N) is 2. The number of hydrogen-bond donors (Lipinski definition) is 3. The van der Waals surface area contributed by atoms with E-state index in [-0.39, 0.29) is 43.6 Å². The highest BCUT2D eigenvalue weighted by Gasteiger charge is 2.56. The molecule has 13 nitrogen and oxygen atoms in total. The lowest BCUT2D eigenvalue weighted by molar-refractivity contribution is -0.145. The topological polar surface area (TPSA) is 179 Å². The normalized spacial score (nSPS) is 23.5. The van der Waals surface area contributed by atoms with Crippen molar-refractivity contribution in [3.8, 4) is 11.5 Å². The highest BCUT2D eigenvalue weighted by atomic mass is 35.5. The van der Waals surface area contributed by atoms with E-state index in [1.807, 2.05) is 20.8 Å². The van der Waals surface area contributed by atoms with Crippen LogP contribution in [0.2, 0.25) is 5.02 Å². The first-order chi connectivity index (χ1) is 24.1. The molecule has 51 heavy (non-hydrogen) atoms. The zero-order chi connectivity index (χ0) is 37.1. The van der Waals surface area contributed by atoms with E-state index in [4.69, 9.17) is 31.6 Å². The van der Waals surface area contributed by atoms with Gasteiger partial charge in [-0.25, -0.2) is 0 Å².